The maximum Gasteiger partial charge on any atom is 0.268 e. The van der Waals surface area contributed by atoms with Crippen molar-refractivity contribution >= 4 is 29.5 Å². The fourth-order valence-corrected chi connectivity index (χ4v) is 4.70. The number of carbonyl (C=O) groups is 3. The minimum absolute atomic E-state index is 0.0286. The van der Waals surface area contributed by atoms with Crippen molar-refractivity contribution < 1.29 is 19.1 Å². The van der Waals surface area contributed by atoms with Gasteiger partial charge in [-0.1, -0.05) is 24.3 Å². The minimum Gasteiger partial charge on any atom is -0.474 e. The number of ether oxygens (including phenoxy) is 1. The van der Waals surface area contributed by atoms with Gasteiger partial charge in [-0.3, -0.25) is 19.7 Å². The predicted molar refractivity (Wildman–Crippen MR) is 110 cm³/mol. The number of hydrogen-bond acceptors (Lipinski definition) is 6. The number of fused-ring (bicyclic) bond motifs is 2. The molecule has 0 saturated carbocycles. The molecule has 3 amide bonds. The Balaban J connectivity index is 1.31. The van der Waals surface area contributed by atoms with Gasteiger partial charge in [-0.2, -0.15) is 0 Å². The van der Waals surface area contributed by atoms with Crippen LogP contribution < -0.4 is 10.1 Å². The summed E-state index contributed by atoms with van der Waals surface area (Å²) in [5.41, 5.74) is 1.87. The van der Waals surface area contributed by atoms with Crippen molar-refractivity contribution in [3.63, 3.8) is 0 Å². The molecular weight excluding hydrogens is 388 g/mol. The average molecular weight is 410 g/mol. The maximum atomic E-state index is 12.5. The van der Waals surface area contributed by atoms with E-state index in [1.165, 1.54) is 16.9 Å². The van der Waals surface area contributed by atoms with Gasteiger partial charge in [0, 0.05) is 13.0 Å². The molecule has 1 atom stereocenters. The van der Waals surface area contributed by atoms with Crippen LogP contribution in [0.3, 0.4) is 0 Å². The van der Waals surface area contributed by atoms with Crippen LogP contribution >= 0.6 is 11.8 Å². The largest absolute Gasteiger partial charge is 0.474 e. The summed E-state index contributed by atoms with van der Waals surface area (Å²) in [6.07, 6.45) is 1.96. The zero-order valence-corrected chi connectivity index (χ0v) is 17.0. The summed E-state index contributed by atoms with van der Waals surface area (Å²) in [5, 5.41) is 3.14. The molecule has 2 heterocycles. The van der Waals surface area contributed by atoms with Crippen molar-refractivity contribution in [1.29, 1.82) is 0 Å². The number of nitrogens with one attached hydrogen (secondary N) is 1. The van der Waals surface area contributed by atoms with E-state index in [-0.39, 0.29) is 23.8 Å². The smallest absolute Gasteiger partial charge is 0.268 e. The molecule has 4 rings (SSSR count). The fraction of sp³-hybridized carbons (Fsp3) is 0.318. The molecule has 0 aliphatic carbocycles. The van der Waals surface area contributed by atoms with Crippen LogP contribution in [-0.4, -0.2) is 41.1 Å². The fourth-order valence-electron chi connectivity index (χ4n) is 3.59. The van der Waals surface area contributed by atoms with Crippen LogP contribution in [0.15, 0.2) is 47.4 Å². The maximum absolute atomic E-state index is 12.5. The molecule has 0 spiro atoms. The number of aryl methyl sites for hydroxylation is 1. The highest BCUT2D eigenvalue weighted by molar-refractivity contribution is 7.99. The molecule has 2 aromatic rings. The molecule has 6 nitrogen and oxygen atoms in total. The molecule has 0 aromatic heterocycles. The van der Waals surface area contributed by atoms with Crippen LogP contribution in [0.2, 0.25) is 0 Å². The second-order valence-electron chi connectivity index (χ2n) is 7.05. The molecule has 150 valence electrons. The van der Waals surface area contributed by atoms with Crippen LogP contribution in [0.4, 0.5) is 0 Å². The zero-order valence-electron chi connectivity index (χ0n) is 16.1. The second-order valence-corrected chi connectivity index (χ2v) is 8.15. The van der Waals surface area contributed by atoms with Crippen LogP contribution in [0.5, 0.6) is 5.75 Å². The van der Waals surface area contributed by atoms with E-state index in [2.05, 4.69) is 11.4 Å². The number of nitrogens with zero attached hydrogens (tertiary/aromatic N) is 1. The van der Waals surface area contributed by atoms with E-state index in [0.29, 0.717) is 6.54 Å². The summed E-state index contributed by atoms with van der Waals surface area (Å²) in [6.45, 7) is 2.18. The molecule has 0 bridgehead atoms. The number of carbonyl (C=O) groups excluding carboxylic acids is 3. The van der Waals surface area contributed by atoms with E-state index >= 15 is 0 Å². The first kappa shape index (κ1) is 19.7. The molecule has 0 radical (unpaired) electrons. The highest BCUT2D eigenvalue weighted by Gasteiger charge is 2.39. The number of thioether (sulfide) groups is 1. The molecule has 0 saturated heterocycles. The first-order valence-corrected chi connectivity index (χ1v) is 10.7. The molecule has 2 aromatic carbocycles. The molecule has 2 aliphatic heterocycles. The number of hydrogen-bond donors (Lipinski definition) is 1. The lowest BCUT2D eigenvalue weighted by atomic mass is 10.1. The molecule has 7 heteroatoms. The molecule has 29 heavy (non-hydrogen) atoms. The van der Waals surface area contributed by atoms with Gasteiger partial charge in [0.25, 0.3) is 11.8 Å². The molecule has 1 N–H and O–H groups in total. The van der Waals surface area contributed by atoms with Crippen LogP contribution in [-0.2, 0) is 11.2 Å². The van der Waals surface area contributed by atoms with Gasteiger partial charge in [-0.25, -0.2) is 4.90 Å². The Morgan fingerprint density at radius 2 is 1.86 bits per heavy atom. The third kappa shape index (κ3) is 3.93. The monoisotopic (exact) mass is 410 g/mol. The van der Waals surface area contributed by atoms with Gasteiger partial charge >= 0.3 is 0 Å². The van der Waals surface area contributed by atoms with E-state index in [1.807, 2.05) is 30.8 Å². The van der Waals surface area contributed by atoms with E-state index in [0.717, 1.165) is 22.8 Å². The topological polar surface area (TPSA) is 75.7 Å². The highest BCUT2D eigenvalue weighted by Crippen LogP contribution is 2.37. The van der Waals surface area contributed by atoms with Crippen molar-refractivity contribution in [1.82, 2.24) is 10.2 Å². The Morgan fingerprint density at radius 1 is 1.14 bits per heavy atom. The van der Waals surface area contributed by atoms with Crippen molar-refractivity contribution in [2.24, 2.45) is 0 Å². The van der Waals surface area contributed by atoms with E-state index in [1.54, 1.807) is 24.3 Å². The lowest BCUT2D eigenvalue weighted by Crippen LogP contribution is -2.39. The Bertz CT molecular complexity index is 940. The first-order valence-electron chi connectivity index (χ1n) is 9.71. The molecule has 1 unspecified atom stereocenters. The summed E-state index contributed by atoms with van der Waals surface area (Å²) in [6, 6.07) is 12.6. The minimum atomic E-state index is -0.548. The molecular formula is C22H22N2O4S. The summed E-state index contributed by atoms with van der Waals surface area (Å²) in [4.78, 5) is 39.1. The predicted octanol–water partition coefficient (Wildman–Crippen LogP) is 3.25. The Kier molecular flexibility index (Phi) is 5.69. The van der Waals surface area contributed by atoms with Gasteiger partial charge in [0.15, 0.2) is 0 Å². The Hall–Kier alpha value is -2.64. The van der Waals surface area contributed by atoms with E-state index < -0.39 is 17.7 Å². The second kappa shape index (κ2) is 8.39. The number of amides is 3. The quantitative estimate of drug-likeness (QED) is 0.582. The number of imide groups is 3. The first-order chi connectivity index (χ1) is 14.1. The number of rotatable bonds is 6. The third-order valence-electron chi connectivity index (χ3n) is 5.02. The molecule has 0 fully saturated rings. The summed E-state index contributed by atoms with van der Waals surface area (Å²) in [5.74, 6) is 0.326. The van der Waals surface area contributed by atoms with Gasteiger partial charge in [0.05, 0.1) is 16.0 Å². The lowest BCUT2D eigenvalue weighted by molar-refractivity contribution is -0.126. The SMILES string of the molecule is CC(NCCC(=O)N1C(=O)c2ccccc2C1=O)Oc1cccc2c1SCCC2. The van der Waals surface area contributed by atoms with Gasteiger partial charge in [0.2, 0.25) is 5.91 Å². The van der Waals surface area contributed by atoms with E-state index in [9.17, 15) is 14.4 Å². The van der Waals surface area contributed by atoms with Crippen molar-refractivity contribution in [3.05, 3.63) is 59.2 Å². The average Bonchev–Trinajstić information content (AvgIpc) is 2.99. The normalized spacial score (nSPS) is 16.4. The van der Waals surface area contributed by atoms with Crippen molar-refractivity contribution in [2.45, 2.75) is 37.3 Å². The van der Waals surface area contributed by atoms with Gasteiger partial charge < -0.3 is 4.74 Å². The van der Waals surface area contributed by atoms with Crippen LogP contribution in [0.25, 0.3) is 0 Å². The van der Waals surface area contributed by atoms with Gasteiger partial charge in [-0.15, -0.1) is 11.8 Å². The molecule has 2 aliphatic rings. The van der Waals surface area contributed by atoms with Crippen LogP contribution in [0.1, 0.15) is 46.0 Å². The van der Waals surface area contributed by atoms with Gasteiger partial charge in [0.1, 0.15) is 12.0 Å². The van der Waals surface area contributed by atoms with Gasteiger partial charge in [-0.05, 0) is 49.3 Å². The highest BCUT2D eigenvalue weighted by atomic mass is 32.2. The summed E-state index contributed by atoms with van der Waals surface area (Å²) >= 11 is 1.81. The third-order valence-corrected chi connectivity index (χ3v) is 6.26. The van der Waals surface area contributed by atoms with E-state index in [4.69, 9.17) is 4.74 Å². The summed E-state index contributed by atoms with van der Waals surface area (Å²) in [7, 11) is 0. The zero-order chi connectivity index (χ0) is 20.4. The van der Waals surface area contributed by atoms with Crippen molar-refractivity contribution in [2.75, 3.05) is 12.3 Å². The Morgan fingerprint density at radius 3 is 2.59 bits per heavy atom. The summed E-state index contributed by atoms with van der Waals surface area (Å²) < 4.78 is 6.02. The van der Waals surface area contributed by atoms with Crippen molar-refractivity contribution in [3.8, 4) is 5.75 Å². The lowest BCUT2D eigenvalue weighted by Gasteiger charge is -2.22. The standard InChI is InChI=1S/C22H22N2O4S/c1-14(28-18-10-4-6-15-7-5-13-29-20(15)18)23-12-11-19(25)24-21(26)16-8-2-3-9-17(16)22(24)27/h2-4,6,8-10,14,23H,5,7,11-13H2,1H3. The number of benzene rings is 2. The Labute approximate surface area is 173 Å². The van der Waals surface area contributed by atoms with Crippen LogP contribution in [0, 0.1) is 0 Å².